The fraction of sp³-hybridized carbons (Fsp3) is 0.200. The summed E-state index contributed by atoms with van der Waals surface area (Å²) >= 11 is 1.66. The van der Waals surface area contributed by atoms with Crippen LogP contribution in [-0.2, 0) is 4.79 Å². The summed E-state index contributed by atoms with van der Waals surface area (Å²) in [5.41, 5.74) is 7.36. The summed E-state index contributed by atoms with van der Waals surface area (Å²) in [5.74, 6) is 0.760. The Morgan fingerprint density at radius 1 is 1.03 bits per heavy atom. The van der Waals surface area contributed by atoms with Gasteiger partial charge in [-0.1, -0.05) is 42.5 Å². The van der Waals surface area contributed by atoms with Crippen molar-refractivity contribution in [2.75, 3.05) is 5.32 Å². The Kier molecular flexibility index (Phi) is 4.94. The molecule has 0 unspecified atom stereocenters. The second-order valence-electron chi connectivity index (χ2n) is 7.83. The number of hydrogen-bond donors (Lipinski definition) is 1. The lowest BCUT2D eigenvalue weighted by atomic mass is 10.0. The number of hydrogen-bond acceptors (Lipinski definition) is 4. The fourth-order valence-corrected chi connectivity index (χ4v) is 5.35. The number of fused-ring (bicyclic) bond motifs is 1. The van der Waals surface area contributed by atoms with Gasteiger partial charge < -0.3 is 9.73 Å². The molecule has 156 valence electrons. The third-order valence-corrected chi connectivity index (χ3v) is 7.13. The molecule has 1 aliphatic rings. The number of rotatable bonds is 3. The summed E-state index contributed by atoms with van der Waals surface area (Å²) in [6, 6.07) is 18.5. The molecule has 1 N–H and O–H groups in total. The zero-order chi connectivity index (χ0) is 21.5. The maximum Gasteiger partial charge on any atom is 0.238 e. The van der Waals surface area contributed by atoms with E-state index in [2.05, 4.69) is 42.6 Å². The van der Waals surface area contributed by atoms with Crippen molar-refractivity contribution in [2.24, 2.45) is 0 Å². The van der Waals surface area contributed by atoms with Crippen LogP contribution in [0, 0.1) is 13.8 Å². The molecule has 0 radical (unpaired) electrons. The van der Waals surface area contributed by atoms with Crippen molar-refractivity contribution in [3.8, 4) is 16.8 Å². The van der Waals surface area contributed by atoms with E-state index < -0.39 is 0 Å². The van der Waals surface area contributed by atoms with Gasteiger partial charge in [0.15, 0.2) is 0 Å². The SMILES string of the molecule is Cc1ccccc1-n1nc(C)c2c1NC(=O)[C@H](C)S[C@@H]2c1ccc(-c2ccoc2)cc1. The van der Waals surface area contributed by atoms with E-state index in [9.17, 15) is 4.79 Å². The van der Waals surface area contributed by atoms with Gasteiger partial charge in [0.25, 0.3) is 0 Å². The molecule has 0 spiro atoms. The minimum atomic E-state index is -0.185. The maximum atomic E-state index is 12.9. The first kappa shape index (κ1) is 19.7. The van der Waals surface area contributed by atoms with E-state index in [0.29, 0.717) is 0 Å². The Morgan fingerprint density at radius 2 is 1.81 bits per heavy atom. The van der Waals surface area contributed by atoms with Gasteiger partial charge in [-0.25, -0.2) is 4.68 Å². The standard InChI is InChI=1S/C25H23N3O2S/c1-15-6-4-5-7-21(15)28-24-22(16(2)27-28)23(31-17(3)25(29)26-24)19-10-8-18(9-11-19)20-12-13-30-14-20/h4-14,17,23H,1-3H3,(H,26,29)/t17-,23+/m0/s1. The Bertz CT molecular complexity index is 1240. The first-order valence-corrected chi connectivity index (χ1v) is 11.2. The van der Waals surface area contributed by atoms with Gasteiger partial charge in [-0.3, -0.25) is 4.79 Å². The molecule has 0 saturated carbocycles. The highest BCUT2D eigenvalue weighted by Crippen LogP contribution is 2.46. The van der Waals surface area contributed by atoms with Crippen LogP contribution in [-0.4, -0.2) is 20.9 Å². The maximum absolute atomic E-state index is 12.9. The van der Waals surface area contributed by atoms with Crippen LogP contribution < -0.4 is 5.32 Å². The molecule has 2 aromatic heterocycles. The largest absolute Gasteiger partial charge is 0.472 e. The Balaban J connectivity index is 1.63. The van der Waals surface area contributed by atoms with Crippen molar-refractivity contribution < 1.29 is 9.21 Å². The molecule has 5 nitrogen and oxygen atoms in total. The first-order valence-electron chi connectivity index (χ1n) is 10.3. The van der Waals surface area contributed by atoms with Gasteiger partial charge in [-0.2, -0.15) is 5.10 Å². The average molecular weight is 430 g/mol. The van der Waals surface area contributed by atoms with Crippen molar-refractivity contribution >= 4 is 23.5 Å². The van der Waals surface area contributed by atoms with Crippen molar-refractivity contribution in [3.63, 3.8) is 0 Å². The number of benzene rings is 2. The summed E-state index contributed by atoms with van der Waals surface area (Å²) < 4.78 is 7.09. The number of aryl methyl sites for hydroxylation is 2. The molecule has 2 atom stereocenters. The third kappa shape index (κ3) is 3.47. The number of anilines is 1. The van der Waals surface area contributed by atoms with E-state index >= 15 is 0 Å². The predicted molar refractivity (Wildman–Crippen MR) is 125 cm³/mol. The van der Waals surface area contributed by atoms with Crippen LogP contribution in [0.3, 0.4) is 0 Å². The summed E-state index contributed by atoms with van der Waals surface area (Å²) in [7, 11) is 0. The van der Waals surface area contributed by atoms with Gasteiger partial charge in [0.05, 0.1) is 34.4 Å². The van der Waals surface area contributed by atoms with Crippen molar-refractivity contribution in [2.45, 2.75) is 31.3 Å². The summed E-state index contributed by atoms with van der Waals surface area (Å²) in [5, 5.41) is 7.80. The summed E-state index contributed by atoms with van der Waals surface area (Å²) in [6.45, 7) is 6.03. The normalized spacial score (nSPS) is 18.4. The third-order valence-electron chi connectivity index (χ3n) is 5.73. The van der Waals surface area contributed by atoms with Gasteiger partial charge in [0.1, 0.15) is 5.82 Å². The molecule has 0 bridgehead atoms. The summed E-state index contributed by atoms with van der Waals surface area (Å²) in [6.07, 6.45) is 3.42. The summed E-state index contributed by atoms with van der Waals surface area (Å²) in [4.78, 5) is 12.9. The number of carbonyl (C=O) groups excluding carboxylic acids is 1. The van der Waals surface area contributed by atoms with E-state index in [-0.39, 0.29) is 16.4 Å². The minimum absolute atomic E-state index is 0.000109. The number of nitrogens with zero attached hydrogens (tertiary/aromatic N) is 2. The number of thioether (sulfide) groups is 1. The van der Waals surface area contributed by atoms with Crippen LogP contribution >= 0.6 is 11.8 Å². The lowest BCUT2D eigenvalue weighted by molar-refractivity contribution is -0.115. The van der Waals surface area contributed by atoms with Gasteiger partial charge in [0, 0.05) is 11.1 Å². The molecule has 0 fully saturated rings. The number of aromatic nitrogens is 2. The van der Waals surface area contributed by atoms with E-state index in [1.54, 1.807) is 24.3 Å². The van der Waals surface area contributed by atoms with Crippen LogP contribution in [0.15, 0.2) is 71.5 Å². The van der Waals surface area contributed by atoms with E-state index in [1.165, 1.54) is 0 Å². The smallest absolute Gasteiger partial charge is 0.238 e. The topological polar surface area (TPSA) is 60.1 Å². The van der Waals surface area contributed by atoms with Crippen LogP contribution in [0.2, 0.25) is 0 Å². The molecule has 6 heteroatoms. The van der Waals surface area contributed by atoms with Crippen LogP contribution in [0.25, 0.3) is 16.8 Å². The number of nitrogens with one attached hydrogen (secondary N) is 1. The molecule has 5 rings (SSSR count). The van der Waals surface area contributed by atoms with Gasteiger partial charge in [-0.05, 0) is 49.6 Å². The van der Waals surface area contributed by atoms with Gasteiger partial charge in [0.2, 0.25) is 5.91 Å². The number of amides is 1. The Labute approximate surface area is 185 Å². The second-order valence-corrected chi connectivity index (χ2v) is 9.28. The highest BCUT2D eigenvalue weighted by atomic mass is 32.2. The molecule has 3 heterocycles. The van der Waals surface area contributed by atoms with E-state index in [4.69, 9.17) is 9.52 Å². The highest BCUT2D eigenvalue weighted by Gasteiger charge is 2.34. The van der Waals surface area contributed by atoms with Gasteiger partial charge >= 0.3 is 0 Å². The van der Waals surface area contributed by atoms with Crippen molar-refractivity contribution in [1.29, 1.82) is 0 Å². The van der Waals surface area contributed by atoms with Crippen LogP contribution in [0.5, 0.6) is 0 Å². The Hall–Kier alpha value is -3.25. The van der Waals surface area contributed by atoms with Crippen LogP contribution in [0.4, 0.5) is 5.82 Å². The quantitative estimate of drug-likeness (QED) is 0.440. The molecular weight excluding hydrogens is 406 g/mol. The molecule has 1 amide bonds. The van der Waals surface area contributed by atoms with Crippen molar-refractivity contribution in [3.05, 3.63) is 89.5 Å². The molecule has 2 aromatic carbocycles. The number of para-hydroxylation sites is 1. The molecule has 0 saturated heterocycles. The lowest BCUT2D eigenvalue weighted by Gasteiger charge is -2.18. The van der Waals surface area contributed by atoms with Gasteiger partial charge in [-0.15, -0.1) is 11.8 Å². The fourth-order valence-electron chi connectivity index (χ4n) is 4.03. The second kappa shape index (κ2) is 7.78. The number of furan rings is 1. The monoisotopic (exact) mass is 429 g/mol. The molecule has 4 aromatic rings. The zero-order valence-electron chi connectivity index (χ0n) is 17.6. The molecule has 1 aliphatic heterocycles. The van der Waals surface area contributed by atoms with Crippen LogP contribution in [0.1, 0.15) is 34.6 Å². The first-order chi connectivity index (χ1) is 15.0. The Morgan fingerprint density at radius 3 is 2.52 bits per heavy atom. The number of carbonyl (C=O) groups is 1. The lowest BCUT2D eigenvalue weighted by Crippen LogP contribution is -2.22. The predicted octanol–water partition coefficient (Wildman–Crippen LogP) is 5.91. The zero-order valence-corrected chi connectivity index (χ0v) is 18.4. The minimum Gasteiger partial charge on any atom is -0.472 e. The molecule has 0 aliphatic carbocycles. The molecular formula is C25H23N3O2S. The van der Waals surface area contributed by atoms with E-state index in [0.717, 1.165) is 45.0 Å². The average Bonchev–Trinajstić information content (AvgIpc) is 3.38. The molecule has 31 heavy (non-hydrogen) atoms. The van der Waals surface area contributed by atoms with Crippen molar-refractivity contribution in [1.82, 2.24) is 9.78 Å². The van der Waals surface area contributed by atoms with E-state index in [1.807, 2.05) is 42.8 Å². The highest BCUT2D eigenvalue weighted by molar-refractivity contribution is 8.01.